The van der Waals surface area contributed by atoms with Gasteiger partial charge < -0.3 is 14.9 Å². The van der Waals surface area contributed by atoms with Crippen LogP contribution in [-0.2, 0) is 9.59 Å². The monoisotopic (exact) mass is 213 g/mol. The number of aromatic nitrogens is 1. The molecule has 1 aromatic heterocycles. The largest absolute Gasteiger partial charge is 0.395 e. The van der Waals surface area contributed by atoms with Crippen LogP contribution >= 0.6 is 0 Å². The molecule has 1 rings (SSSR count). The second-order valence-corrected chi connectivity index (χ2v) is 2.76. The van der Waals surface area contributed by atoms with Crippen molar-refractivity contribution in [1.29, 1.82) is 0 Å². The van der Waals surface area contributed by atoms with Crippen LogP contribution in [0.5, 0.6) is 0 Å². The molecule has 0 atom stereocenters. The van der Waals surface area contributed by atoms with Crippen LogP contribution in [0.2, 0.25) is 0 Å². The molecule has 0 bridgehead atoms. The van der Waals surface area contributed by atoms with Crippen LogP contribution in [0.3, 0.4) is 0 Å². The highest BCUT2D eigenvalue weighted by Crippen LogP contribution is 2.06. The Balaban J connectivity index is 2.45. The van der Waals surface area contributed by atoms with Crippen LogP contribution in [0.1, 0.15) is 5.76 Å². The molecule has 7 nitrogen and oxygen atoms in total. The number of aryl methyl sites for hydroxylation is 1. The molecule has 15 heavy (non-hydrogen) atoms. The van der Waals surface area contributed by atoms with E-state index in [1.54, 1.807) is 6.92 Å². The maximum Gasteiger partial charge on any atom is 0.314 e. The van der Waals surface area contributed by atoms with E-state index in [2.05, 4.69) is 20.3 Å². The Labute approximate surface area is 85.4 Å². The first kappa shape index (κ1) is 11.2. The van der Waals surface area contributed by atoms with E-state index in [1.165, 1.54) is 6.07 Å². The standard InChI is InChI=1S/C8H11N3O4/c1-5-4-6(11-15-5)10-8(14)7(13)9-2-3-12/h4,12H,2-3H2,1H3,(H,9,13)(H,10,11,14). The van der Waals surface area contributed by atoms with Crippen molar-refractivity contribution in [3.05, 3.63) is 11.8 Å². The van der Waals surface area contributed by atoms with Crippen molar-refractivity contribution in [2.45, 2.75) is 6.92 Å². The highest BCUT2D eigenvalue weighted by molar-refractivity contribution is 6.39. The van der Waals surface area contributed by atoms with Gasteiger partial charge in [0.05, 0.1) is 6.61 Å². The Bertz CT molecular complexity index is 361. The molecular formula is C8H11N3O4. The first-order chi connectivity index (χ1) is 7.13. The van der Waals surface area contributed by atoms with Crippen LogP contribution in [0.25, 0.3) is 0 Å². The Hall–Kier alpha value is -1.89. The lowest BCUT2D eigenvalue weighted by atomic mass is 10.4. The Morgan fingerprint density at radius 1 is 1.53 bits per heavy atom. The fraction of sp³-hybridized carbons (Fsp3) is 0.375. The third-order valence-corrected chi connectivity index (χ3v) is 1.47. The number of rotatable bonds is 3. The predicted molar refractivity (Wildman–Crippen MR) is 50.0 cm³/mol. The molecule has 1 heterocycles. The molecule has 0 aliphatic carbocycles. The summed E-state index contributed by atoms with van der Waals surface area (Å²) < 4.78 is 4.69. The maximum absolute atomic E-state index is 11.1. The first-order valence-electron chi connectivity index (χ1n) is 4.27. The van der Waals surface area contributed by atoms with E-state index in [1.807, 2.05) is 0 Å². The Morgan fingerprint density at radius 3 is 2.80 bits per heavy atom. The number of carbonyl (C=O) groups excluding carboxylic acids is 2. The molecule has 0 saturated heterocycles. The summed E-state index contributed by atoms with van der Waals surface area (Å²) in [6.45, 7) is 1.47. The molecule has 0 aliphatic rings. The smallest absolute Gasteiger partial charge is 0.314 e. The van der Waals surface area contributed by atoms with Gasteiger partial charge in [0, 0.05) is 12.6 Å². The van der Waals surface area contributed by atoms with Gasteiger partial charge in [0.15, 0.2) is 5.82 Å². The third kappa shape index (κ3) is 3.39. The summed E-state index contributed by atoms with van der Waals surface area (Å²) in [4.78, 5) is 22.2. The van der Waals surface area contributed by atoms with E-state index >= 15 is 0 Å². The van der Waals surface area contributed by atoms with Crippen LogP contribution in [0.15, 0.2) is 10.6 Å². The fourth-order valence-corrected chi connectivity index (χ4v) is 0.848. The summed E-state index contributed by atoms with van der Waals surface area (Å²) in [7, 11) is 0. The predicted octanol–water partition coefficient (Wildman–Crippen LogP) is -0.970. The van der Waals surface area contributed by atoms with Crippen molar-refractivity contribution in [3.8, 4) is 0 Å². The number of aliphatic hydroxyl groups is 1. The second-order valence-electron chi connectivity index (χ2n) is 2.76. The van der Waals surface area contributed by atoms with Crippen LogP contribution in [-0.4, -0.2) is 35.2 Å². The minimum absolute atomic E-state index is 0.0318. The Kier molecular flexibility index (Phi) is 3.81. The fourth-order valence-electron chi connectivity index (χ4n) is 0.848. The number of anilines is 1. The quantitative estimate of drug-likeness (QED) is 0.560. The summed E-state index contributed by atoms with van der Waals surface area (Å²) in [6.07, 6.45) is 0. The van der Waals surface area contributed by atoms with Gasteiger partial charge in [-0.05, 0) is 6.92 Å². The summed E-state index contributed by atoms with van der Waals surface area (Å²) in [6, 6.07) is 1.48. The number of aliphatic hydroxyl groups excluding tert-OH is 1. The molecule has 0 saturated carbocycles. The molecule has 0 radical (unpaired) electrons. The zero-order valence-corrected chi connectivity index (χ0v) is 8.11. The minimum atomic E-state index is -0.850. The van der Waals surface area contributed by atoms with Crippen molar-refractivity contribution in [3.63, 3.8) is 0 Å². The number of carbonyl (C=O) groups is 2. The molecular weight excluding hydrogens is 202 g/mol. The molecule has 0 spiro atoms. The number of hydrogen-bond acceptors (Lipinski definition) is 5. The highest BCUT2D eigenvalue weighted by Gasteiger charge is 2.14. The van der Waals surface area contributed by atoms with Crippen LogP contribution in [0, 0.1) is 6.92 Å². The summed E-state index contributed by atoms with van der Waals surface area (Å²) in [5.74, 6) is -0.973. The second kappa shape index (κ2) is 5.11. The van der Waals surface area contributed by atoms with Crippen molar-refractivity contribution in [2.24, 2.45) is 0 Å². The zero-order chi connectivity index (χ0) is 11.3. The van der Waals surface area contributed by atoms with Crippen LogP contribution < -0.4 is 10.6 Å². The van der Waals surface area contributed by atoms with Gasteiger partial charge in [-0.25, -0.2) is 0 Å². The summed E-state index contributed by atoms with van der Waals surface area (Å²) in [5, 5.41) is 16.3. The van der Waals surface area contributed by atoms with E-state index < -0.39 is 11.8 Å². The van der Waals surface area contributed by atoms with Gasteiger partial charge >= 0.3 is 11.8 Å². The normalized spacial score (nSPS) is 9.73. The highest BCUT2D eigenvalue weighted by atomic mass is 16.5. The molecule has 0 fully saturated rings. The number of nitrogens with one attached hydrogen (secondary N) is 2. The van der Waals surface area contributed by atoms with E-state index in [9.17, 15) is 9.59 Å². The topological polar surface area (TPSA) is 104 Å². The lowest BCUT2D eigenvalue weighted by Gasteiger charge is -2.01. The van der Waals surface area contributed by atoms with Gasteiger partial charge in [-0.1, -0.05) is 5.16 Å². The van der Waals surface area contributed by atoms with E-state index in [0.29, 0.717) is 5.76 Å². The molecule has 82 valence electrons. The first-order valence-corrected chi connectivity index (χ1v) is 4.27. The lowest BCUT2D eigenvalue weighted by Crippen LogP contribution is -2.36. The minimum Gasteiger partial charge on any atom is -0.395 e. The molecule has 7 heteroatoms. The van der Waals surface area contributed by atoms with Gasteiger partial charge in [-0.15, -0.1) is 0 Å². The molecule has 2 amide bonds. The average molecular weight is 213 g/mol. The van der Waals surface area contributed by atoms with Crippen molar-refractivity contribution in [1.82, 2.24) is 10.5 Å². The summed E-state index contributed by atoms with van der Waals surface area (Å²) >= 11 is 0. The van der Waals surface area contributed by atoms with E-state index in [4.69, 9.17) is 5.11 Å². The summed E-state index contributed by atoms with van der Waals surface area (Å²) in [5.41, 5.74) is 0. The molecule has 3 N–H and O–H groups in total. The van der Waals surface area contributed by atoms with Gasteiger partial charge in [0.25, 0.3) is 0 Å². The Morgan fingerprint density at radius 2 is 2.27 bits per heavy atom. The average Bonchev–Trinajstić information content (AvgIpc) is 2.60. The third-order valence-electron chi connectivity index (χ3n) is 1.47. The SMILES string of the molecule is Cc1cc(NC(=O)C(=O)NCCO)no1. The maximum atomic E-state index is 11.1. The van der Waals surface area contributed by atoms with Crippen LogP contribution in [0.4, 0.5) is 5.82 Å². The number of amides is 2. The molecule has 0 aliphatic heterocycles. The van der Waals surface area contributed by atoms with Gasteiger partial charge in [0.1, 0.15) is 5.76 Å². The zero-order valence-electron chi connectivity index (χ0n) is 8.11. The van der Waals surface area contributed by atoms with Gasteiger partial charge in [0.2, 0.25) is 0 Å². The van der Waals surface area contributed by atoms with Gasteiger partial charge in [-0.3, -0.25) is 14.9 Å². The molecule has 0 unspecified atom stereocenters. The lowest BCUT2D eigenvalue weighted by molar-refractivity contribution is -0.136. The number of nitrogens with zero attached hydrogens (tertiary/aromatic N) is 1. The van der Waals surface area contributed by atoms with Crippen molar-refractivity contribution in [2.75, 3.05) is 18.5 Å². The van der Waals surface area contributed by atoms with E-state index in [-0.39, 0.29) is 19.0 Å². The number of hydrogen-bond donors (Lipinski definition) is 3. The molecule has 0 aromatic carbocycles. The van der Waals surface area contributed by atoms with Crippen molar-refractivity contribution >= 4 is 17.6 Å². The van der Waals surface area contributed by atoms with Crippen molar-refractivity contribution < 1.29 is 19.2 Å². The van der Waals surface area contributed by atoms with Gasteiger partial charge in [-0.2, -0.15) is 0 Å². The van der Waals surface area contributed by atoms with E-state index in [0.717, 1.165) is 0 Å². The molecule has 1 aromatic rings.